The molecule has 3 N–H and O–H groups in total. The van der Waals surface area contributed by atoms with Crippen molar-refractivity contribution in [2.24, 2.45) is 5.73 Å². The maximum Gasteiger partial charge on any atom is 0.263 e. The van der Waals surface area contributed by atoms with E-state index in [1.807, 2.05) is 0 Å². The molecule has 0 aliphatic rings. The van der Waals surface area contributed by atoms with Crippen molar-refractivity contribution in [3.63, 3.8) is 0 Å². The summed E-state index contributed by atoms with van der Waals surface area (Å²) in [5, 5.41) is 9.04. The quantitative estimate of drug-likeness (QED) is 0.843. The topological polar surface area (TPSA) is 46.2 Å². The molecule has 0 aliphatic heterocycles. The van der Waals surface area contributed by atoms with Crippen molar-refractivity contribution in [3.05, 3.63) is 34.3 Å². The zero-order chi connectivity index (χ0) is 11.4. The summed E-state index contributed by atoms with van der Waals surface area (Å²) >= 11 is 5.82. The second kappa shape index (κ2) is 5.39. The molecule has 0 aromatic heterocycles. The Morgan fingerprint density at radius 1 is 1.40 bits per heavy atom. The summed E-state index contributed by atoms with van der Waals surface area (Å²) in [6.07, 6.45) is -2.24. The lowest BCUT2D eigenvalue weighted by Gasteiger charge is -2.13. The van der Waals surface area contributed by atoms with Gasteiger partial charge in [0, 0.05) is 23.2 Å². The van der Waals surface area contributed by atoms with Crippen LogP contribution < -0.4 is 5.73 Å². The van der Waals surface area contributed by atoms with Gasteiger partial charge in [0.2, 0.25) is 0 Å². The van der Waals surface area contributed by atoms with Crippen molar-refractivity contribution in [1.29, 1.82) is 0 Å². The lowest BCUT2D eigenvalue weighted by Crippen LogP contribution is -2.12. The van der Waals surface area contributed by atoms with Crippen LogP contribution in [-0.4, -0.2) is 11.7 Å². The van der Waals surface area contributed by atoms with E-state index < -0.39 is 12.5 Å². The van der Waals surface area contributed by atoms with E-state index in [9.17, 15) is 8.78 Å². The molecule has 0 bridgehead atoms. The molecule has 1 aromatic rings. The number of aliphatic hydroxyl groups excluding tert-OH is 1. The summed E-state index contributed by atoms with van der Waals surface area (Å²) < 4.78 is 24.8. The van der Waals surface area contributed by atoms with E-state index in [1.165, 1.54) is 18.2 Å². The first-order valence-corrected chi connectivity index (χ1v) is 4.88. The number of halogens is 3. The third kappa shape index (κ3) is 3.12. The van der Waals surface area contributed by atoms with Gasteiger partial charge in [-0.1, -0.05) is 17.7 Å². The number of benzene rings is 1. The largest absolute Gasteiger partial charge is 0.396 e. The van der Waals surface area contributed by atoms with Gasteiger partial charge in [0.1, 0.15) is 0 Å². The predicted molar refractivity (Wildman–Crippen MR) is 55.0 cm³/mol. The molecule has 1 rings (SSSR count). The van der Waals surface area contributed by atoms with Gasteiger partial charge in [0.25, 0.3) is 6.43 Å². The second-order valence-electron chi connectivity index (χ2n) is 3.20. The van der Waals surface area contributed by atoms with Crippen LogP contribution in [0, 0.1) is 0 Å². The minimum atomic E-state index is -2.54. The second-order valence-corrected chi connectivity index (χ2v) is 3.61. The maximum absolute atomic E-state index is 12.4. The van der Waals surface area contributed by atoms with Crippen molar-refractivity contribution in [3.8, 4) is 0 Å². The Hall–Kier alpha value is -0.710. The highest BCUT2D eigenvalue weighted by molar-refractivity contribution is 6.31. The summed E-state index contributed by atoms with van der Waals surface area (Å²) in [5.41, 5.74) is 6.03. The number of alkyl halides is 2. The molecule has 0 spiro atoms. The van der Waals surface area contributed by atoms with E-state index in [2.05, 4.69) is 0 Å². The van der Waals surface area contributed by atoms with Crippen LogP contribution in [0.2, 0.25) is 5.02 Å². The van der Waals surface area contributed by atoms with Crippen LogP contribution in [0.4, 0.5) is 8.78 Å². The zero-order valence-electron chi connectivity index (χ0n) is 7.96. The minimum absolute atomic E-state index is 0.101. The summed E-state index contributed by atoms with van der Waals surface area (Å²) in [5.74, 6) is 0. The van der Waals surface area contributed by atoms with Crippen LogP contribution in [0.1, 0.15) is 30.0 Å². The Balaban J connectivity index is 2.99. The molecule has 1 atom stereocenters. The third-order valence-electron chi connectivity index (χ3n) is 2.11. The number of aliphatic hydroxyl groups is 1. The van der Waals surface area contributed by atoms with Gasteiger partial charge < -0.3 is 10.8 Å². The normalized spacial score (nSPS) is 13.2. The van der Waals surface area contributed by atoms with Crippen LogP contribution in [0.25, 0.3) is 0 Å². The molecule has 2 nitrogen and oxygen atoms in total. The van der Waals surface area contributed by atoms with E-state index in [4.69, 9.17) is 22.4 Å². The Labute approximate surface area is 91.7 Å². The molecule has 0 saturated carbocycles. The monoisotopic (exact) mass is 235 g/mol. The van der Waals surface area contributed by atoms with E-state index in [0.29, 0.717) is 17.0 Å². The summed E-state index contributed by atoms with van der Waals surface area (Å²) in [6.45, 7) is -0.101. The lowest BCUT2D eigenvalue weighted by molar-refractivity contribution is 0.151. The minimum Gasteiger partial charge on any atom is -0.396 e. The molecule has 0 heterocycles. The van der Waals surface area contributed by atoms with Crippen molar-refractivity contribution in [2.45, 2.75) is 18.9 Å². The Kier molecular flexibility index (Phi) is 4.45. The molecule has 0 saturated heterocycles. The summed E-state index contributed by atoms with van der Waals surface area (Å²) in [6, 6.07) is 3.44. The van der Waals surface area contributed by atoms with Gasteiger partial charge in [-0.15, -0.1) is 0 Å². The molecule has 15 heavy (non-hydrogen) atoms. The molecular formula is C10H12ClF2NO. The van der Waals surface area contributed by atoms with Gasteiger partial charge in [0.05, 0.1) is 0 Å². The number of nitrogens with two attached hydrogens (primary N) is 1. The van der Waals surface area contributed by atoms with Crippen molar-refractivity contribution < 1.29 is 13.9 Å². The lowest BCUT2D eigenvalue weighted by atomic mass is 10.0. The van der Waals surface area contributed by atoms with Crippen LogP contribution in [-0.2, 0) is 0 Å². The zero-order valence-corrected chi connectivity index (χ0v) is 8.72. The number of hydrogen-bond donors (Lipinski definition) is 2. The van der Waals surface area contributed by atoms with Gasteiger partial charge in [0.15, 0.2) is 0 Å². The van der Waals surface area contributed by atoms with Crippen LogP contribution in [0.15, 0.2) is 18.2 Å². The Morgan fingerprint density at radius 3 is 2.60 bits per heavy atom. The molecular weight excluding hydrogens is 224 g/mol. The smallest absolute Gasteiger partial charge is 0.263 e. The first-order chi connectivity index (χ1) is 7.06. The SMILES string of the molecule is NC(CCO)c1cc(C(F)F)ccc1Cl. The Bertz CT molecular complexity index is 333. The van der Waals surface area contributed by atoms with Crippen molar-refractivity contribution >= 4 is 11.6 Å². The van der Waals surface area contributed by atoms with Crippen LogP contribution >= 0.6 is 11.6 Å². The molecule has 84 valence electrons. The van der Waals surface area contributed by atoms with Gasteiger partial charge in [-0.3, -0.25) is 0 Å². The first kappa shape index (κ1) is 12.4. The molecule has 0 aliphatic carbocycles. The molecule has 5 heteroatoms. The maximum atomic E-state index is 12.4. The summed E-state index contributed by atoms with van der Waals surface area (Å²) in [4.78, 5) is 0. The first-order valence-electron chi connectivity index (χ1n) is 4.50. The highest BCUT2D eigenvalue weighted by atomic mass is 35.5. The fourth-order valence-electron chi connectivity index (χ4n) is 1.28. The fraction of sp³-hybridized carbons (Fsp3) is 0.400. The number of hydrogen-bond acceptors (Lipinski definition) is 2. The van der Waals surface area contributed by atoms with E-state index >= 15 is 0 Å². The third-order valence-corrected chi connectivity index (χ3v) is 2.46. The van der Waals surface area contributed by atoms with E-state index in [-0.39, 0.29) is 12.2 Å². The molecule has 0 radical (unpaired) electrons. The highest BCUT2D eigenvalue weighted by Gasteiger charge is 2.14. The van der Waals surface area contributed by atoms with Gasteiger partial charge in [-0.2, -0.15) is 0 Å². The van der Waals surface area contributed by atoms with Gasteiger partial charge in [-0.25, -0.2) is 8.78 Å². The molecule has 0 fully saturated rings. The number of rotatable bonds is 4. The van der Waals surface area contributed by atoms with E-state index in [0.717, 1.165) is 0 Å². The standard InChI is InChI=1S/C10H12ClF2NO/c11-8-2-1-6(10(12)13)5-7(8)9(14)3-4-15/h1-2,5,9-10,15H,3-4,14H2. The average Bonchev–Trinajstić information content (AvgIpc) is 2.18. The molecule has 1 unspecified atom stereocenters. The van der Waals surface area contributed by atoms with Crippen molar-refractivity contribution in [1.82, 2.24) is 0 Å². The Morgan fingerprint density at radius 2 is 2.07 bits per heavy atom. The van der Waals surface area contributed by atoms with Gasteiger partial charge >= 0.3 is 0 Å². The van der Waals surface area contributed by atoms with Crippen LogP contribution in [0.3, 0.4) is 0 Å². The van der Waals surface area contributed by atoms with Gasteiger partial charge in [-0.05, 0) is 24.1 Å². The van der Waals surface area contributed by atoms with Crippen LogP contribution in [0.5, 0.6) is 0 Å². The summed E-state index contributed by atoms with van der Waals surface area (Å²) in [7, 11) is 0. The van der Waals surface area contributed by atoms with E-state index in [1.54, 1.807) is 0 Å². The average molecular weight is 236 g/mol. The molecule has 1 aromatic carbocycles. The fourth-order valence-corrected chi connectivity index (χ4v) is 1.53. The van der Waals surface area contributed by atoms with Crippen molar-refractivity contribution in [2.75, 3.05) is 6.61 Å². The highest BCUT2D eigenvalue weighted by Crippen LogP contribution is 2.28. The predicted octanol–water partition coefficient (Wildman–Crippen LogP) is 2.66. The molecule has 0 amide bonds.